The Morgan fingerprint density at radius 2 is 2.22 bits per heavy atom. The molecule has 2 aromatic rings. The molecule has 1 fully saturated rings. The van der Waals surface area contributed by atoms with Crippen molar-refractivity contribution >= 4 is 23.2 Å². The number of aromatic nitrogens is 3. The standard InChI is InChI=1S/C16H21ClN4O2/c1-16(2,3)23-15(22)11-5-4-10(9-18-11)12-8-13(17)21-14(20-12)6-7-19-21/h6-8,10-11,18H,4-5,9H2,1-3H3. The van der Waals surface area contributed by atoms with Crippen molar-refractivity contribution in [2.45, 2.75) is 51.2 Å². The lowest BCUT2D eigenvalue weighted by atomic mass is 9.92. The van der Waals surface area contributed by atoms with E-state index >= 15 is 0 Å². The molecule has 0 aromatic carbocycles. The molecule has 2 unspecified atom stereocenters. The van der Waals surface area contributed by atoms with Crippen LogP contribution in [0.2, 0.25) is 5.15 Å². The highest BCUT2D eigenvalue weighted by atomic mass is 35.5. The first-order valence-corrected chi connectivity index (χ1v) is 8.18. The smallest absolute Gasteiger partial charge is 0.323 e. The Morgan fingerprint density at radius 1 is 1.43 bits per heavy atom. The Labute approximate surface area is 140 Å². The second-order valence-electron chi connectivity index (χ2n) is 6.87. The number of esters is 1. The van der Waals surface area contributed by atoms with Crippen molar-refractivity contribution in [3.63, 3.8) is 0 Å². The lowest BCUT2D eigenvalue weighted by molar-refractivity contribution is -0.158. The Kier molecular flexibility index (Phi) is 4.29. The van der Waals surface area contributed by atoms with Crippen LogP contribution in [0.5, 0.6) is 0 Å². The second-order valence-corrected chi connectivity index (χ2v) is 7.26. The van der Waals surface area contributed by atoms with E-state index < -0.39 is 5.60 Å². The van der Waals surface area contributed by atoms with Gasteiger partial charge in [0.15, 0.2) is 5.65 Å². The summed E-state index contributed by atoms with van der Waals surface area (Å²) in [6, 6.07) is 3.43. The van der Waals surface area contributed by atoms with Gasteiger partial charge >= 0.3 is 5.97 Å². The normalized spacial score (nSPS) is 22.3. The molecule has 0 amide bonds. The summed E-state index contributed by atoms with van der Waals surface area (Å²) >= 11 is 6.24. The summed E-state index contributed by atoms with van der Waals surface area (Å²) in [5.74, 6) is 0.0410. The third kappa shape index (κ3) is 3.64. The highest BCUT2D eigenvalue weighted by molar-refractivity contribution is 6.29. The van der Waals surface area contributed by atoms with Gasteiger partial charge in [0.25, 0.3) is 0 Å². The van der Waals surface area contributed by atoms with E-state index in [1.807, 2.05) is 32.9 Å². The summed E-state index contributed by atoms with van der Waals surface area (Å²) in [5, 5.41) is 7.94. The maximum atomic E-state index is 12.1. The number of fused-ring (bicyclic) bond motifs is 1. The molecule has 2 atom stereocenters. The van der Waals surface area contributed by atoms with E-state index in [9.17, 15) is 4.79 Å². The molecule has 23 heavy (non-hydrogen) atoms. The van der Waals surface area contributed by atoms with E-state index in [0.29, 0.717) is 11.7 Å². The van der Waals surface area contributed by atoms with Gasteiger partial charge in [-0.15, -0.1) is 0 Å². The van der Waals surface area contributed by atoms with Crippen LogP contribution in [0, 0.1) is 0 Å². The molecule has 124 valence electrons. The molecule has 1 aliphatic heterocycles. The predicted octanol–water partition coefficient (Wildman–Crippen LogP) is 2.56. The molecule has 0 saturated carbocycles. The van der Waals surface area contributed by atoms with E-state index in [1.165, 1.54) is 0 Å². The number of halogens is 1. The maximum absolute atomic E-state index is 12.1. The molecule has 3 heterocycles. The van der Waals surface area contributed by atoms with Gasteiger partial charge in [-0.05, 0) is 39.7 Å². The Morgan fingerprint density at radius 3 is 2.87 bits per heavy atom. The molecule has 2 aromatic heterocycles. The number of carbonyl (C=O) groups is 1. The fraction of sp³-hybridized carbons (Fsp3) is 0.562. The molecule has 0 bridgehead atoms. The SMILES string of the molecule is CC(C)(C)OC(=O)C1CCC(c2cc(Cl)n3nccc3n2)CN1. The molecular formula is C16H21ClN4O2. The van der Waals surface area contributed by atoms with Crippen molar-refractivity contribution in [2.75, 3.05) is 6.54 Å². The minimum Gasteiger partial charge on any atom is -0.459 e. The van der Waals surface area contributed by atoms with E-state index in [0.717, 1.165) is 24.2 Å². The first kappa shape index (κ1) is 16.2. The van der Waals surface area contributed by atoms with Gasteiger partial charge in [-0.25, -0.2) is 9.50 Å². The largest absolute Gasteiger partial charge is 0.459 e. The zero-order valence-electron chi connectivity index (χ0n) is 13.5. The third-order valence-electron chi connectivity index (χ3n) is 3.86. The summed E-state index contributed by atoms with van der Waals surface area (Å²) in [5.41, 5.74) is 1.21. The molecule has 3 rings (SSSR count). The molecule has 1 N–H and O–H groups in total. The summed E-state index contributed by atoms with van der Waals surface area (Å²) < 4.78 is 7.04. The minimum absolute atomic E-state index is 0.187. The van der Waals surface area contributed by atoms with Crippen LogP contribution in [0.25, 0.3) is 5.65 Å². The lowest BCUT2D eigenvalue weighted by Crippen LogP contribution is -2.46. The van der Waals surface area contributed by atoms with Crippen LogP contribution >= 0.6 is 11.6 Å². The minimum atomic E-state index is -0.461. The van der Waals surface area contributed by atoms with E-state index in [4.69, 9.17) is 16.3 Å². The maximum Gasteiger partial charge on any atom is 0.323 e. The quantitative estimate of drug-likeness (QED) is 0.674. The Bertz CT molecular complexity index is 714. The number of piperidine rings is 1. The average Bonchev–Trinajstić information content (AvgIpc) is 2.94. The molecule has 0 aliphatic carbocycles. The van der Waals surface area contributed by atoms with E-state index in [-0.39, 0.29) is 17.9 Å². The highest BCUT2D eigenvalue weighted by Crippen LogP contribution is 2.27. The van der Waals surface area contributed by atoms with Crippen LogP contribution in [0.1, 0.15) is 45.2 Å². The molecule has 7 heteroatoms. The van der Waals surface area contributed by atoms with Gasteiger partial charge in [-0.3, -0.25) is 4.79 Å². The fourth-order valence-electron chi connectivity index (χ4n) is 2.79. The molecule has 1 aliphatic rings. The van der Waals surface area contributed by atoms with Crippen LogP contribution in [0.3, 0.4) is 0 Å². The van der Waals surface area contributed by atoms with E-state index in [2.05, 4.69) is 15.4 Å². The summed E-state index contributed by atoms with van der Waals surface area (Å²) in [6.45, 7) is 6.31. The molecular weight excluding hydrogens is 316 g/mol. The second kappa shape index (κ2) is 6.09. The van der Waals surface area contributed by atoms with Crippen LogP contribution < -0.4 is 5.32 Å². The number of nitrogens with one attached hydrogen (secondary N) is 1. The average molecular weight is 337 g/mol. The summed E-state index contributed by atoms with van der Waals surface area (Å²) in [7, 11) is 0. The topological polar surface area (TPSA) is 68.5 Å². The summed E-state index contributed by atoms with van der Waals surface area (Å²) in [4.78, 5) is 16.7. The first-order chi connectivity index (χ1) is 10.8. The van der Waals surface area contributed by atoms with Crippen molar-refractivity contribution in [1.29, 1.82) is 0 Å². The van der Waals surface area contributed by atoms with Gasteiger partial charge in [-0.2, -0.15) is 5.10 Å². The summed E-state index contributed by atoms with van der Waals surface area (Å²) in [6.07, 6.45) is 3.27. The van der Waals surface area contributed by atoms with Crippen LogP contribution in [-0.4, -0.2) is 38.8 Å². The van der Waals surface area contributed by atoms with Crippen molar-refractivity contribution in [3.8, 4) is 0 Å². The molecule has 0 radical (unpaired) electrons. The number of carbonyl (C=O) groups excluding carboxylic acids is 1. The van der Waals surface area contributed by atoms with E-state index in [1.54, 1.807) is 10.7 Å². The van der Waals surface area contributed by atoms with Crippen LogP contribution in [0.15, 0.2) is 18.3 Å². The third-order valence-corrected chi connectivity index (χ3v) is 4.13. The number of nitrogens with zero attached hydrogens (tertiary/aromatic N) is 3. The number of hydrogen-bond donors (Lipinski definition) is 1. The van der Waals surface area contributed by atoms with Crippen molar-refractivity contribution < 1.29 is 9.53 Å². The Hall–Kier alpha value is -1.66. The van der Waals surface area contributed by atoms with Gasteiger partial charge in [0.05, 0.1) is 11.9 Å². The van der Waals surface area contributed by atoms with Crippen molar-refractivity contribution in [1.82, 2.24) is 19.9 Å². The number of hydrogen-bond acceptors (Lipinski definition) is 5. The molecule has 0 spiro atoms. The predicted molar refractivity (Wildman–Crippen MR) is 87.6 cm³/mol. The zero-order chi connectivity index (χ0) is 16.6. The zero-order valence-corrected chi connectivity index (χ0v) is 14.3. The monoisotopic (exact) mass is 336 g/mol. The van der Waals surface area contributed by atoms with Gasteiger partial charge < -0.3 is 10.1 Å². The van der Waals surface area contributed by atoms with Crippen LogP contribution in [-0.2, 0) is 9.53 Å². The van der Waals surface area contributed by atoms with Gasteiger partial charge in [0, 0.05) is 18.5 Å². The van der Waals surface area contributed by atoms with Gasteiger partial charge in [0.1, 0.15) is 16.8 Å². The van der Waals surface area contributed by atoms with Gasteiger partial charge in [-0.1, -0.05) is 11.6 Å². The van der Waals surface area contributed by atoms with Gasteiger partial charge in [0.2, 0.25) is 0 Å². The molecule has 1 saturated heterocycles. The first-order valence-electron chi connectivity index (χ1n) is 7.80. The fourth-order valence-corrected chi connectivity index (χ4v) is 3.03. The number of ether oxygens (including phenoxy) is 1. The van der Waals surface area contributed by atoms with Crippen molar-refractivity contribution in [3.05, 3.63) is 29.2 Å². The van der Waals surface area contributed by atoms with Crippen LogP contribution in [0.4, 0.5) is 0 Å². The number of rotatable bonds is 2. The van der Waals surface area contributed by atoms with Crippen molar-refractivity contribution in [2.24, 2.45) is 0 Å². The molecule has 6 nitrogen and oxygen atoms in total. The highest BCUT2D eigenvalue weighted by Gasteiger charge is 2.30. The Balaban J connectivity index is 1.67. The lowest BCUT2D eigenvalue weighted by Gasteiger charge is -2.30.